The van der Waals surface area contributed by atoms with Gasteiger partial charge in [0.1, 0.15) is 11.5 Å². The maximum absolute atomic E-state index is 6.78. The molecule has 1 spiro atoms. The van der Waals surface area contributed by atoms with Gasteiger partial charge in [0, 0.05) is 50.1 Å². The van der Waals surface area contributed by atoms with E-state index >= 15 is 0 Å². The van der Waals surface area contributed by atoms with Gasteiger partial charge in [-0.25, -0.2) is 0 Å². The largest absolute Gasteiger partial charge is 0.457 e. The van der Waals surface area contributed by atoms with Crippen LogP contribution in [0.15, 0.2) is 218 Å². The van der Waals surface area contributed by atoms with Crippen LogP contribution in [0.3, 0.4) is 0 Å². The van der Waals surface area contributed by atoms with Crippen LogP contribution in [0, 0.1) is 0 Å². The molecule has 14 rings (SSSR count). The molecule has 0 bridgehead atoms. The summed E-state index contributed by atoms with van der Waals surface area (Å²) in [5.74, 6) is 1.78. The van der Waals surface area contributed by atoms with E-state index in [9.17, 15) is 0 Å². The van der Waals surface area contributed by atoms with Gasteiger partial charge in [0.15, 0.2) is 0 Å². The lowest BCUT2D eigenvalue weighted by Gasteiger charge is -2.39. The average molecular weight is 831 g/mol. The van der Waals surface area contributed by atoms with E-state index in [-0.39, 0.29) is 5.41 Å². The number of fused-ring (bicyclic) bond motifs is 16. The van der Waals surface area contributed by atoms with Crippen LogP contribution in [0.1, 0.15) is 47.2 Å². The molecule has 0 radical (unpaired) electrons. The first-order chi connectivity index (χ1) is 32.0. The number of nitrogens with zero attached hydrogens (tertiary/aromatic N) is 2. The summed E-state index contributed by atoms with van der Waals surface area (Å²) < 4.78 is 9.18. The Morgan fingerprint density at radius 1 is 0.369 bits per heavy atom. The molecule has 11 aromatic rings. The highest BCUT2D eigenvalue weighted by Crippen LogP contribution is 2.63. The second kappa shape index (κ2) is 13.2. The van der Waals surface area contributed by atoms with E-state index in [1.807, 2.05) is 0 Å². The average Bonchev–Trinajstić information content (AvgIpc) is 3.91. The Balaban J connectivity index is 1.06. The molecule has 0 N–H and O–H groups in total. The lowest BCUT2D eigenvalue weighted by molar-refractivity contribution is 0.436. The normalized spacial score (nSPS) is 14.4. The third kappa shape index (κ3) is 4.90. The minimum Gasteiger partial charge on any atom is -0.457 e. The molecule has 0 saturated heterocycles. The van der Waals surface area contributed by atoms with Crippen molar-refractivity contribution in [1.82, 2.24) is 4.57 Å². The number of ether oxygens (including phenoxy) is 1. The van der Waals surface area contributed by atoms with Crippen molar-refractivity contribution in [3.05, 3.63) is 252 Å². The summed E-state index contributed by atoms with van der Waals surface area (Å²) in [6.45, 7) is 4.74. The van der Waals surface area contributed by atoms with Crippen LogP contribution in [0.2, 0.25) is 0 Å². The molecule has 1 aliphatic heterocycles. The van der Waals surface area contributed by atoms with Crippen LogP contribution >= 0.6 is 0 Å². The second-order valence-corrected chi connectivity index (χ2v) is 18.4. The van der Waals surface area contributed by atoms with Gasteiger partial charge in [-0.1, -0.05) is 147 Å². The molecular weight excluding hydrogens is 789 g/mol. The quantitative estimate of drug-likeness (QED) is 0.176. The number of para-hydroxylation sites is 4. The van der Waals surface area contributed by atoms with Crippen LogP contribution in [-0.4, -0.2) is 4.57 Å². The first-order valence-electron chi connectivity index (χ1n) is 22.7. The van der Waals surface area contributed by atoms with Crippen LogP contribution in [0.4, 0.5) is 17.1 Å². The fraction of sp³-hybridized carbons (Fsp3) is 0.0645. The van der Waals surface area contributed by atoms with Gasteiger partial charge in [-0.2, -0.15) is 0 Å². The highest BCUT2D eigenvalue weighted by Gasteiger charge is 2.51. The predicted molar refractivity (Wildman–Crippen MR) is 268 cm³/mol. The summed E-state index contributed by atoms with van der Waals surface area (Å²) in [4.78, 5) is 2.50. The lowest BCUT2D eigenvalue weighted by atomic mass is 9.66. The van der Waals surface area contributed by atoms with E-state index in [1.54, 1.807) is 0 Å². The zero-order valence-corrected chi connectivity index (χ0v) is 36.1. The van der Waals surface area contributed by atoms with Gasteiger partial charge in [0.25, 0.3) is 0 Å². The van der Waals surface area contributed by atoms with Gasteiger partial charge in [0.05, 0.1) is 16.4 Å². The number of hydrogen-bond acceptors (Lipinski definition) is 2. The lowest BCUT2D eigenvalue weighted by Crippen LogP contribution is -2.32. The molecule has 306 valence electrons. The number of benzene rings is 10. The van der Waals surface area contributed by atoms with Crippen molar-refractivity contribution in [3.8, 4) is 39.4 Å². The van der Waals surface area contributed by atoms with Gasteiger partial charge in [-0.3, -0.25) is 0 Å². The summed E-state index contributed by atoms with van der Waals surface area (Å²) in [6.07, 6.45) is 0. The molecule has 2 aliphatic carbocycles. The predicted octanol–water partition coefficient (Wildman–Crippen LogP) is 16.2. The third-order valence-corrected chi connectivity index (χ3v) is 14.8. The maximum Gasteiger partial charge on any atom is 0.132 e. The Morgan fingerprint density at radius 3 is 1.65 bits per heavy atom. The number of hydrogen-bond donors (Lipinski definition) is 0. The monoisotopic (exact) mass is 830 g/mol. The molecule has 0 atom stereocenters. The zero-order valence-electron chi connectivity index (χ0n) is 36.1. The van der Waals surface area contributed by atoms with Gasteiger partial charge in [-0.05, 0) is 140 Å². The van der Waals surface area contributed by atoms with Crippen molar-refractivity contribution in [3.63, 3.8) is 0 Å². The van der Waals surface area contributed by atoms with Crippen molar-refractivity contribution in [2.45, 2.75) is 24.7 Å². The van der Waals surface area contributed by atoms with Crippen molar-refractivity contribution in [2.75, 3.05) is 4.90 Å². The number of rotatable bonds is 4. The zero-order chi connectivity index (χ0) is 43.0. The van der Waals surface area contributed by atoms with Crippen LogP contribution in [0.5, 0.6) is 11.5 Å². The van der Waals surface area contributed by atoms with Crippen LogP contribution in [-0.2, 0) is 10.8 Å². The summed E-state index contributed by atoms with van der Waals surface area (Å²) in [5.41, 5.74) is 18.7. The van der Waals surface area contributed by atoms with E-state index in [0.29, 0.717) is 0 Å². The summed E-state index contributed by atoms with van der Waals surface area (Å²) in [7, 11) is 0. The molecule has 0 fully saturated rings. The molecule has 3 heteroatoms. The smallest absolute Gasteiger partial charge is 0.132 e. The Morgan fingerprint density at radius 2 is 0.892 bits per heavy atom. The third-order valence-electron chi connectivity index (χ3n) is 14.8. The minimum atomic E-state index is -0.629. The second-order valence-electron chi connectivity index (χ2n) is 18.4. The highest BCUT2D eigenvalue weighted by molar-refractivity contribution is 6.11. The van der Waals surface area contributed by atoms with Crippen LogP contribution in [0.25, 0.3) is 60.5 Å². The topological polar surface area (TPSA) is 17.4 Å². The minimum absolute atomic E-state index is 0.165. The molecule has 1 aromatic heterocycles. The fourth-order valence-electron chi connectivity index (χ4n) is 11.9. The van der Waals surface area contributed by atoms with E-state index < -0.39 is 5.41 Å². The number of anilines is 3. The molecule has 0 amide bonds. The Kier molecular flexibility index (Phi) is 7.38. The first-order valence-corrected chi connectivity index (χ1v) is 22.7. The van der Waals surface area contributed by atoms with Crippen molar-refractivity contribution < 1.29 is 4.74 Å². The van der Waals surface area contributed by atoms with Crippen LogP contribution < -0.4 is 9.64 Å². The van der Waals surface area contributed by atoms with Crippen molar-refractivity contribution in [1.29, 1.82) is 0 Å². The molecule has 2 heterocycles. The molecular formula is C62H42N2O. The SMILES string of the molecule is CC1(C)c2ccccc2-c2ccc(N(c3ccc4c(c3)C3(c5ccccc5Oc5ccccc53)c3cc5ccccc5cc3-4)c3ccc4c(c3)c3ccccc3n4-c3ccccc3)cc21. The van der Waals surface area contributed by atoms with Crippen molar-refractivity contribution >= 4 is 49.6 Å². The molecule has 65 heavy (non-hydrogen) atoms. The Labute approximate surface area is 378 Å². The van der Waals surface area contributed by atoms with Crippen molar-refractivity contribution in [2.24, 2.45) is 0 Å². The maximum atomic E-state index is 6.78. The number of aromatic nitrogens is 1. The van der Waals surface area contributed by atoms with E-state index in [4.69, 9.17) is 4.74 Å². The fourth-order valence-corrected chi connectivity index (χ4v) is 11.9. The Hall–Kier alpha value is -8.14. The summed E-state index contributed by atoms with van der Waals surface area (Å²) in [6, 6.07) is 80.8. The molecule has 10 aromatic carbocycles. The summed E-state index contributed by atoms with van der Waals surface area (Å²) in [5, 5.41) is 4.90. The molecule has 0 saturated carbocycles. The van der Waals surface area contributed by atoms with Gasteiger partial charge in [0.2, 0.25) is 0 Å². The van der Waals surface area contributed by atoms with E-state index in [2.05, 4.69) is 242 Å². The van der Waals surface area contributed by atoms with Gasteiger partial charge < -0.3 is 14.2 Å². The van der Waals surface area contributed by atoms with E-state index in [1.165, 1.54) is 77.1 Å². The summed E-state index contributed by atoms with van der Waals surface area (Å²) >= 11 is 0. The van der Waals surface area contributed by atoms with Gasteiger partial charge >= 0.3 is 0 Å². The Bertz CT molecular complexity index is 3750. The highest BCUT2D eigenvalue weighted by atomic mass is 16.5. The molecule has 3 nitrogen and oxygen atoms in total. The molecule has 3 aliphatic rings. The van der Waals surface area contributed by atoms with E-state index in [0.717, 1.165) is 45.4 Å². The standard InChI is InChI=1S/C62H42N2O/c1-61(2)51-22-10-8-20-45(51)46-31-28-43(37-54(46)61)63(42-30-33-58-50(36-42)48-21-9-13-25-57(48)64(58)41-18-4-3-5-19-41)44-29-32-47-49-34-39-16-6-7-17-40(39)35-55(49)62(56(47)38-44)52-23-11-14-26-59(52)65-60-27-15-12-24-53(60)62/h3-38H,1-2H3. The van der Waals surface area contributed by atoms with Gasteiger partial charge in [-0.15, -0.1) is 0 Å². The molecule has 0 unspecified atom stereocenters. The first kappa shape index (κ1) is 36.4.